The lowest BCUT2D eigenvalue weighted by Gasteiger charge is -2.26. The molecule has 140 valence electrons. The smallest absolute Gasteiger partial charge is 0.243 e. The summed E-state index contributed by atoms with van der Waals surface area (Å²) >= 11 is 0. The summed E-state index contributed by atoms with van der Waals surface area (Å²) in [7, 11) is -3.80. The fraction of sp³-hybridized carbons (Fsp3) is 0.529. The molecule has 1 saturated heterocycles. The van der Waals surface area contributed by atoms with Crippen LogP contribution in [-0.4, -0.2) is 55.4 Å². The van der Waals surface area contributed by atoms with Gasteiger partial charge in [0.2, 0.25) is 15.9 Å². The fourth-order valence-corrected chi connectivity index (χ4v) is 5.57. The van der Waals surface area contributed by atoms with Gasteiger partial charge in [-0.05, 0) is 37.4 Å². The van der Waals surface area contributed by atoms with Gasteiger partial charge in [-0.1, -0.05) is 6.42 Å². The number of amides is 1. The van der Waals surface area contributed by atoms with Crippen molar-refractivity contribution in [1.82, 2.24) is 19.6 Å². The molecule has 0 spiro atoms. The highest BCUT2D eigenvalue weighted by Crippen LogP contribution is 2.47. The standard InChI is InChI=1S/C17H23N5O3S/c18-10-17-5-1-3-12(17)9-22(11-17)15(23)8-21-26(24,25)14-7-20-16-13(14)4-2-6-19-16/h2,4,6-7,12,21H,1,3,5,8-11,18H2,(H,19,20)/t12-,17-/m0/s1. The predicted molar refractivity (Wildman–Crippen MR) is 96.7 cm³/mol. The molecular weight excluding hydrogens is 354 g/mol. The molecular formula is C17H23N5O3S. The second kappa shape index (κ2) is 6.33. The van der Waals surface area contributed by atoms with E-state index in [1.807, 2.05) is 0 Å². The van der Waals surface area contributed by atoms with Crippen LogP contribution < -0.4 is 10.5 Å². The van der Waals surface area contributed by atoms with Gasteiger partial charge >= 0.3 is 0 Å². The molecule has 4 N–H and O–H groups in total. The number of hydrogen-bond acceptors (Lipinski definition) is 5. The van der Waals surface area contributed by atoms with E-state index < -0.39 is 10.0 Å². The molecule has 2 atom stereocenters. The second-order valence-electron chi connectivity index (χ2n) is 7.31. The summed E-state index contributed by atoms with van der Waals surface area (Å²) in [6.07, 6.45) is 6.28. The number of likely N-dealkylation sites (tertiary alicyclic amines) is 1. The quantitative estimate of drug-likeness (QED) is 0.698. The number of carbonyl (C=O) groups is 1. The largest absolute Gasteiger partial charge is 0.345 e. The molecule has 1 aliphatic heterocycles. The molecule has 2 aromatic heterocycles. The van der Waals surface area contributed by atoms with Crippen molar-refractivity contribution in [3.05, 3.63) is 24.5 Å². The van der Waals surface area contributed by atoms with Crippen LogP contribution in [0.25, 0.3) is 11.0 Å². The molecule has 3 heterocycles. The summed E-state index contributed by atoms with van der Waals surface area (Å²) in [5.74, 6) is 0.238. The normalized spacial score (nSPS) is 25.7. The van der Waals surface area contributed by atoms with Gasteiger partial charge in [-0.15, -0.1) is 0 Å². The van der Waals surface area contributed by atoms with E-state index in [9.17, 15) is 13.2 Å². The predicted octanol–water partition coefficient (Wildman–Crippen LogP) is 0.429. The molecule has 26 heavy (non-hydrogen) atoms. The number of nitrogens with one attached hydrogen (secondary N) is 2. The minimum atomic E-state index is -3.80. The zero-order chi connectivity index (χ0) is 18.4. The topological polar surface area (TPSA) is 121 Å². The van der Waals surface area contributed by atoms with Gasteiger partial charge in [0.1, 0.15) is 10.5 Å². The maximum absolute atomic E-state index is 12.6. The summed E-state index contributed by atoms with van der Waals surface area (Å²) in [4.78, 5) is 21.3. The van der Waals surface area contributed by atoms with E-state index in [2.05, 4.69) is 14.7 Å². The molecule has 0 bridgehead atoms. The van der Waals surface area contributed by atoms with E-state index >= 15 is 0 Å². The zero-order valence-corrected chi connectivity index (χ0v) is 15.3. The first-order valence-corrected chi connectivity index (χ1v) is 10.3. The van der Waals surface area contributed by atoms with E-state index in [0.29, 0.717) is 36.6 Å². The SMILES string of the molecule is NC[C@]12CCC[C@H]1CN(C(=O)CNS(=O)(=O)c1c[nH]c3ncccc13)C2. The number of sulfonamides is 1. The van der Waals surface area contributed by atoms with Crippen molar-refractivity contribution in [3.8, 4) is 0 Å². The maximum Gasteiger partial charge on any atom is 0.243 e. The van der Waals surface area contributed by atoms with Crippen LogP contribution in [-0.2, 0) is 14.8 Å². The Morgan fingerprint density at radius 3 is 3.12 bits per heavy atom. The molecule has 9 heteroatoms. The van der Waals surface area contributed by atoms with Crippen LogP contribution in [0.3, 0.4) is 0 Å². The van der Waals surface area contributed by atoms with Crippen LogP contribution in [0.15, 0.2) is 29.4 Å². The lowest BCUT2D eigenvalue weighted by atomic mass is 9.81. The van der Waals surface area contributed by atoms with E-state index in [1.54, 1.807) is 23.2 Å². The summed E-state index contributed by atoms with van der Waals surface area (Å²) in [6.45, 7) is 1.64. The summed E-state index contributed by atoms with van der Waals surface area (Å²) < 4.78 is 27.6. The van der Waals surface area contributed by atoms with Crippen molar-refractivity contribution in [2.24, 2.45) is 17.1 Å². The number of aromatic nitrogens is 2. The van der Waals surface area contributed by atoms with Crippen LogP contribution in [0.1, 0.15) is 19.3 Å². The van der Waals surface area contributed by atoms with Gasteiger partial charge in [0.25, 0.3) is 0 Å². The lowest BCUT2D eigenvalue weighted by Crippen LogP contribution is -2.41. The highest BCUT2D eigenvalue weighted by atomic mass is 32.2. The number of nitrogens with two attached hydrogens (primary N) is 1. The van der Waals surface area contributed by atoms with Gasteiger partial charge in [0.05, 0.1) is 6.54 Å². The molecule has 2 aromatic rings. The Labute approximate surface area is 152 Å². The van der Waals surface area contributed by atoms with E-state index in [4.69, 9.17) is 5.73 Å². The van der Waals surface area contributed by atoms with Crippen molar-refractivity contribution >= 4 is 27.0 Å². The number of aromatic amines is 1. The monoisotopic (exact) mass is 377 g/mol. The van der Waals surface area contributed by atoms with Crippen LogP contribution in [0.4, 0.5) is 0 Å². The lowest BCUT2D eigenvalue weighted by molar-refractivity contribution is -0.129. The summed E-state index contributed by atoms with van der Waals surface area (Å²) in [5.41, 5.74) is 6.50. The van der Waals surface area contributed by atoms with Gasteiger partial charge in [-0.25, -0.2) is 18.1 Å². The number of carbonyl (C=O) groups excluding carboxylic acids is 1. The Bertz CT molecular complexity index is 941. The van der Waals surface area contributed by atoms with Gasteiger partial charge < -0.3 is 15.6 Å². The Kier molecular flexibility index (Phi) is 4.25. The fourth-order valence-electron chi connectivity index (χ4n) is 4.44. The third-order valence-electron chi connectivity index (χ3n) is 5.92. The molecule has 0 aromatic carbocycles. The van der Waals surface area contributed by atoms with E-state index in [0.717, 1.165) is 19.3 Å². The van der Waals surface area contributed by atoms with Crippen molar-refractivity contribution in [2.45, 2.75) is 24.2 Å². The number of pyridine rings is 1. The molecule has 1 aliphatic carbocycles. The third-order valence-corrected chi connectivity index (χ3v) is 7.36. The third kappa shape index (κ3) is 2.80. The molecule has 0 unspecified atom stereocenters. The number of hydrogen-bond donors (Lipinski definition) is 3. The minimum Gasteiger partial charge on any atom is -0.345 e. The first-order chi connectivity index (χ1) is 12.5. The Balaban J connectivity index is 1.45. The molecule has 1 amide bonds. The molecule has 8 nitrogen and oxygen atoms in total. The number of rotatable bonds is 5. The van der Waals surface area contributed by atoms with Crippen molar-refractivity contribution in [3.63, 3.8) is 0 Å². The van der Waals surface area contributed by atoms with Gasteiger partial charge in [0.15, 0.2) is 0 Å². The summed E-state index contributed by atoms with van der Waals surface area (Å²) in [6, 6.07) is 3.36. The molecule has 4 rings (SSSR count). The number of H-pyrrole nitrogens is 1. The minimum absolute atomic E-state index is 0.0248. The first-order valence-electron chi connectivity index (χ1n) is 8.85. The number of fused-ring (bicyclic) bond motifs is 2. The Morgan fingerprint density at radius 2 is 2.35 bits per heavy atom. The average Bonchev–Trinajstić information content (AvgIpc) is 3.31. The maximum atomic E-state index is 12.6. The van der Waals surface area contributed by atoms with E-state index in [-0.39, 0.29) is 22.8 Å². The van der Waals surface area contributed by atoms with Crippen LogP contribution in [0.5, 0.6) is 0 Å². The van der Waals surface area contributed by atoms with E-state index in [1.165, 1.54) is 6.20 Å². The molecule has 2 fully saturated rings. The van der Waals surface area contributed by atoms with Gasteiger partial charge in [-0.2, -0.15) is 0 Å². The second-order valence-corrected chi connectivity index (χ2v) is 9.04. The molecule has 2 aliphatic rings. The number of nitrogens with zero attached hydrogens (tertiary/aromatic N) is 2. The zero-order valence-electron chi connectivity index (χ0n) is 14.4. The summed E-state index contributed by atoms with van der Waals surface area (Å²) in [5, 5.41) is 0.505. The van der Waals surface area contributed by atoms with Crippen LogP contribution >= 0.6 is 0 Å². The average molecular weight is 377 g/mol. The highest BCUT2D eigenvalue weighted by molar-refractivity contribution is 7.89. The van der Waals surface area contributed by atoms with Gasteiger partial charge in [0, 0.05) is 36.3 Å². The van der Waals surface area contributed by atoms with Crippen molar-refractivity contribution < 1.29 is 13.2 Å². The molecule has 1 saturated carbocycles. The Hall–Kier alpha value is -1.97. The van der Waals surface area contributed by atoms with Crippen molar-refractivity contribution in [2.75, 3.05) is 26.2 Å². The van der Waals surface area contributed by atoms with Crippen LogP contribution in [0, 0.1) is 11.3 Å². The molecule has 0 radical (unpaired) electrons. The first kappa shape index (κ1) is 17.4. The van der Waals surface area contributed by atoms with Crippen LogP contribution in [0.2, 0.25) is 0 Å². The highest BCUT2D eigenvalue weighted by Gasteiger charge is 2.49. The Morgan fingerprint density at radius 1 is 1.50 bits per heavy atom. The van der Waals surface area contributed by atoms with Crippen molar-refractivity contribution in [1.29, 1.82) is 0 Å². The van der Waals surface area contributed by atoms with Gasteiger partial charge in [-0.3, -0.25) is 4.79 Å².